The number of carbonyl (C=O) groups is 1. The average Bonchev–Trinajstić information content (AvgIpc) is 3.83. The summed E-state index contributed by atoms with van der Waals surface area (Å²) in [6.07, 6.45) is 5.12. The molecule has 3 aromatic carbocycles. The van der Waals surface area contributed by atoms with Crippen molar-refractivity contribution in [1.29, 1.82) is 0 Å². The van der Waals surface area contributed by atoms with Crippen molar-refractivity contribution in [3.63, 3.8) is 0 Å². The molecule has 0 amide bonds. The largest absolute Gasteiger partial charge is 0.411 e. The molecular formula is C62H98O10Si3. The Morgan fingerprint density at radius 3 is 1.84 bits per heavy atom. The van der Waals surface area contributed by atoms with Crippen molar-refractivity contribution in [2.45, 2.75) is 256 Å². The minimum absolute atomic E-state index is 0.000526. The van der Waals surface area contributed by atoms with E-state index >= 15 is 0 Å². The summed E-state index contributed by atoms with van der Waals surface area (Å²) >= 11 is 0. The number of benzene rings is 3. The zero-order valence-corrected chi connectivity index (χ0v) is 52.4. The molecule has 0 bridgehead atoms. The van der Waals surface area contributed by atoms with Gasteiger partial charge in [0.1, 0.15) is 23.6 Å². The van der Waals surface area contributed by atoms with Gasteiger partial charge in [-0.3, -0.25) is 4.79 Å². The fourth-order valence-corrected chi connectivity index (χ4v) is 19.5. The van der Waals surface area contributed by atoms with Gasteiger partial charge in [0.25, 0.3) is 8.32 Å². The molecule has 0 aliphatic carbocycles. The van der Waals surface area contributed by atoms with E-state index < -0.39 is 66.2 Å². The average molecular weight is 1090 g/mol. The van der Waals surface area contributed by atoms with Gasteiger partial charge in [0.15, 0.2) is 34.0 Å². The molecule has 10 nitrogen and oxygen atoms in total. The predicted molar refractivity (Wildman–Crippen MR) is 309 cm³/mol. The van der Waals surface area contributed by atoms with Gasteiger partial charge in [-0.15, -0.1) is 0 Å². The van der Waals surface area contributed by atoms with Gasteiger partial charge >= 0.3 is 0 Å². The fraction of sp³-hybridized carbons (Fsp3) is 0.694. The van der Waals surface area contributed by atoms with Gasteiger partial charge in [-0.1, -0.05) is 160 Å². The second kappa shape index (κ2) is 23.0. The molecule has 4 aliphatic heterocycles. The fourth-order valence-electron chi connectivity index (χ4n) is 11.8. The highest BCUT2D eigenvalue weighted by Crippen LogP contribution is 2.57. The Labute approximate surface area is 456 Å². The summed E-state index contributed by atoms with van der Waals surface area (Å²) < 4.78 is 64.1. The third-order valence-corrected chi connectivity index (χ3v) is 32.0. The first-order valence-corrected chi connectivity index (χ1v) is 36.2. The van der Waals surface area contributed by atoms with Crippen LogP contribution in [0.1, 0.15) is 160 Å². The van der Waals surface area contributed by atoms with Crippen molar-refractivity contribution in [3.05, 3.63) is 96.6 Å². The molecule has 0 aromatic heterocycles. The number of hydrogen-bond donors (Lipinski definition) is 0. The van der Waals surface area contributed by atoms with Crippen LogP contribution in [0.25, 0.3) is 0 Å². The van der Waals surface area contributed by atoms with Gasteiger partial charge in [0, 0.05) is 38.7 Å². The van der Waals surface area contributed by atoms with Gasteiger partial charge in [-0.25, -0.2) is 0 Å². The van der Waals surface area contributed by atoms with E-state index in [1.54, 1.807) is 0 Å². The molecule has 13 heteroatoms. The lowest BCUT2D eigenvalue weighted by atomic mass is 9.83. The topological polar surface area (TPSA) is 100 Å². The Hall–Kier alpha value is -2.38. The maximum atomic E-state index is 14.7. The van der Waals surface area contributed by atoms with Crippen LogP contribution in [0.4, 0.5) is 0 Å². The molecule has 0 N–H and O–H groups in total. The first-order valence-electron chi connectivity index (χ1n) is 28.5. The molecule has 7 rings (SSSR count). The van der Waals surface area contributed by atoms with Gasteiger partial charge < -0.3 is 41.7 Å². The van der Waals surface area contributed by atoms with E-state index in [0.717, 1.165) is 44.1 Å². The van der Waals surface area contributed by atoms with Crippen LogP contribution in [0.3, 0.4) is 0 Å². The monoisotopic (exact) mass is 1090 g/mol. The highest BCUT2D eigenvalue weighted by molar-refractivity contribution is 6.99. The van der Waals surface area contributed by atoms with E-state index in [2.05, 4.69) is 175 Å². The lowest BCUT2D eigenvalue weighted by Crippen LogP contribution is -2.67. The molecule has 9 atom stereocenters. The lowest BCUT2D eigenvalue weighted by Gasteiger charge is -2.56. The Morgan fingerprint density at radius 1 is 0.680 bits per heavy atom. The predicted octanol–water partition coefficient (Wildman–Crippen LogP) is 13.8. The van der Waals surface area contributed by atoms with Gasteiger partial charge in [0.2, 0.25) is 0 Å². The number of hydrogen-bond acceptors (Lipinski definition) is 10. The van der Waals surface area contributed by atoms with E-state index in [1.165, 1.54) is 10.4 Å². The number of rotatable bonds is 20. The molecule has 0 saturated carbocycles. The van der Waals surface area contributed by atoms with Crippen LogP contribution in [-0.4, -0.2) is 97.4 Å². The minimum Gasteiger partial charge on any atom is -0.411 e. The van der Waals surface area contributed by atoms with E-state index in [0.29, 0.717) is 45.5 Å². The van der Waals surface area contributed by atoms with Gasteiger partial charge in [0.05, 0.1) is 31.5 Å². The first kappa shape index (κ1) is 60.3. The summed E-state index contributed by atoms with van der Waals surface area (Å²) in [5.74, 6) is -2.80. The molecule has 4 fully saturated rings. The lowest BCUT2D eigenvalue weighted by molar-refractivity contribution is -0.398. The summed E-state index contributed by atoms with van der Waals surface area (Å²) in [5.41, 5.74) is 0.486. The Bertz CT molecular complexity index is 2270. The molecule has 0 radical (unpaired) electrons. The third-order valence-electron chi connectivity index (χ3n) is 18.0. The van der Waals surface area contributed by atoms with Crippen LogP contribution in [0.5, 0.6) is 0 Å². The SMILES string of the molecule is C[C@H](CC(=O)C[C@H]1CCC[C@@]2(CC[C@@]3(O[C@H](CCOCc4ccccc4)CC[C@@]3(C)O[Si](C)(C)C(C)(C)C)O2)O1)[C@@H](O[Si](C)(C)C(C)(C)C)[C@@H]1OC(C)(C)O[C@H]1CO[Si](c1ccccc1)(c1ccccc1)C(C)(C)C. The summed E-state index contributed by atoms with van der Waals surface area (Å²) in [7, 11) is -7.61. The standard InChI is InChI=1S/C62H98O10Si3/c1-46(54(70-73(14,15)56(2,3)4)55-53(68-59(11,12)69-55)45-65-75(58(8,9)10,51-31-23-19-24-32-51)52-33-25-20-26-34-52)42-48(63)43-50-30-27-37-61(66-50)39-40-62(71-61)60(13,72-74(16,17)57(5,6)7)38-35-49(67-62)36-41-64-44-47-28-21-18-22-29-47/h18-26,28-29,31-34,46,49-50,53-55H,27,30,35-45H2,1-17H3/t46-,49+,50-,53+,54-,55-,60-,61-,62-/m1/s1. The van der Waals surface area contributed by atoms with E-state index in [9.17, 15) is 4.79 Å². The van der Waals surface area contributed by atoms with E-state index in [1.807, 2.05) is 32.0 Å². The van der Waals surface area contributed by atoms with Crippen LogP contribution in [0.15, 0.2) is 91.0 Å². The van der Waals surface area contributed by atoms with E-state index in [-0.39, 0.29) is 39.0 Å². The quantitative estimate of drug-likeness (QED) is 0.0803. The summed E-state index contributed by atoms with van der Waals surface area (Å²) in [4.78, 5) is 14.7. The molecule has 75 heavy (non-hydrogen) atoms. The number of carbonyl (C=O) groups excluding carboxylic acids is 1. The van der Waals surface area contributed by atoms with Crippen LogP contribution < -0.4 is 10.4 Å². The highest BCUT2D eigenvalue weighted by atomic mass is 28.4. The molecule has 4 heterocycles. The molecule has 0 unspecified atom stereocenters. The smallest absolute Gasteiger partial charge is 0.261 e. The zero-order valence-electron chi connectivity index (χ0n) is 49.4. The molecule has 418 valence electrons. The van der Waals surface area contributed by atoms with Crippen LogP contribution in [0, 0.1) is 5.92 Å². The Morgan fingerprint density at radius 2 is 1.27 bits per heavy atom. The van der Waals surface area contributed by atoms with Gasteiger partial charge in [-0.2, -0.15) is 0 Å². The number of Topliss-reactive ketones (excluding diaryl/α,β-unsaturated/α-hetero) is 1. The van der Waals surface area contributed by atoms with Crippen LogP contribution >= 0.6 is 0 Å². The minimum atomic E-state index is -2.92. The van der Waals surface area contributed by atoms with Crippen molar-refractivity contribution in [1.82, 2.24) is 0 Å². The molecule has 4 saturated heterocycles. The highest BCUT2D eigenvalue weighted by Gasteiger charge is 2.66. The third kappa shape index (κ3) is 13.6. The first-order chi connectivity index (χ1) is 34.8. The van der Waals surface area contributed by atoms with Crippen LogP contribution in [-0.2, 0) is 53.1 Å². The van der Waals surface area contributed by atoms with Crippen molar-refractivity contribution in [3.8, 4) is 0 Å². The van der Waals surface area contributed by atoms with Crippen molar-refractivity contribution in [2.24, 2.45) is 5.92 Å². The normalized spacial score (nSPS) is 28.7. The maximum absolute atomic E-state index is 14.7. The number of ketones is 1. The molecule has 4 aliphatic rings. The molecular weight excluding hydrogens is 989 g/mol. The second-order valence-electron chi connectivity index (χ2n) is 27.5. The maximum Gasteiger partial charge on any atom is 0.261 e. The van der Waals surface area contributed by atoms with Crippen molar-refractivity contribution in [2.75, 3.05) is 13.2 Å². The van der Waals surface area contributed by atoms with E-state index in [4.69, 9.17) is 41.7 Å². The zero-order chi connectivity index (χ0) is 54.9. The van der Waals surface area contributed by atoms with Crippen molar-refractivity contribution >= 4 is 41.1 Å². The Kier molecular flexibility index (Phi) is 18.5. The second-order valence-corrected chi connectivity index (χ2v) is 41.3. The van der Waals surface area contributed by atoms with Crippen molar-refractivity contribution < 1.29 is 46.5 Å². The Balaban J connectivity index is 1.09. The molecule has 3 aromatic rings. The summed E-state index contributed by atoms with van der Waals surface area (Å²) in [6.45, 7) is 39.6. The van der Waals surface area contributed by atoms with Crippen LogP contribution in [0.2, 0.25) is 41.3 Å². The summed E-state index contributed by atoms with van der Waals surface area (Å²) in [6, 6.07) is 31.8. The number of ether oxygens (including phenoxy) is 6. The summed E-state index contributed by atoms with van der Waals surface area (Å²) in [5, 5.41) is 2.11. The molecule has 2 spiro atoms. The van der Waals surface area contributed by atoms with Gasteiger partial charge in [-0.05, 0) is 116 Å².